The second-order valence-electron chi connectivity index (χ2n) is 4.41. The maximum atomic E-state index is 12.1. The molecule has 0 aliphatic rings. The highest BCUT2D eigenvalue weighted by Crippen LogP contribution is 2.21. The van der Waals surface area contributed by atoms with Crippen molar-refractivity contribution in [1.29, 1.82) is 0 Å². The van der Waals surface area contributed by atoms with E-state index in [1.807, 2.05) is 41.6 Å². The third kappa shape index (κ3) is 3.64. The van der Waals surface area contributed by atoms with Crippen molar-refractivity contribution in [3.63, 3.8) is 0 Å². The van der Waals surface area contributed by atoms with E-state index in [1.165, 1.54) is 6.07 Å². The van der Waals surface area contributed by atoms with Gasteiger partial charge in [0.2, 0.25) is 0 Å². The van der Waals surface area contributed by atoms with Crippen molar-refractivity contribution in [3.05, 3.63) is 62.2 Å². The van der Waals surface area contributed by atoms with Gasteiger partial charge in [-0.15, -0.1) is 0 Å². The van der Waals surface area contributed by atoms with Crippen molar-refractivity contribution in [1.82, 2.24) is 5.32 Å². The van der Waals surface area contributed by atoms with Crippen molar-refractivity contribution in [2.45, 2.75) is 13.0 Å². The Morgan fingerprint density at radius 3 is 2.50 bits per heavy atom. The first-order valence-electron chi connectivity index (χ1n) is 6.02. The fourth-order valence-electron chi connectivity index (χ4n) is 1.77. The minimum Gasteiger partial charge on any atom is -0.507 e. The number of rotatable bonds is 3. The Bertz CT molecular complexity index is 628. The van der Waals surface area contributed by atoms with Crippen LogP contribution in [0.3, 0.4) is 0 Å². The zero-order valence-electron chi connectivity index (χ0n) is 10.7. The Kier molecular flexibility index (Phi) is 4.88. The van der Waals surface area contributed by atoms with Gasteiger partial charge in [-0.1, -0.05) is 23.7 Å². The van der Waals surface area contributed by atoms with E-state index < -0.39 is 0 Å². The summed E-state index contributed by atoms with van der Waals surface area (Å²) in [6.07, 6.45) is 0. The molecule has 5 heteroatoms. The van der Waals surface area contributed by atoms with Crippen molar-refractivity contribution in [2.75, 3.05) is 0 Å². The van der Waals surface area contributed by atoms with E-state index >= 15 is 0 Å². The minimum absolute atomic E-state index is 0.109. The molecule has 1 atom stereocenters. The SMILES string of the molecule is CC(NC(=O)c1ccc(I)c(O)c1)c1ccc(Cl)cc1. The van der Waals surface area contributed by atoms with Gasteiger partial charge in [0, 0.05) is 10.6 Å². The van der Waals surface area contributed by atoms with Gasteiger partial charge in [0.25, 0.3) is 5.91 Å². The Labute approximate surface area is 136 Å². The lowest BCUT2D eigenvalue weighted by Gasteiger charge is -2.14. The average Bonchev–Trinajstić information content (AvgIpc) is 2.42. The highest BCUT2D eigenvalue weighted by atomic mass is 127. The molecule has 0 saturated heterocycles. The highest BCUT2D eigenvalue weighted by molar-refractivity contribution is 14.1. The molecule has 104 valence electrons. The van der Waals surface area contributed by atoms with E-state index in [0.717, 1.165) is 5.56 Å². The molecule has 0 heterocycles. The number of carbonyl (C=O) groups excluding carboxylic acids is 1. The van der Waals surface area contributed by atoms with Crippen LogP contribution < -0.4 is 5.32 Å². The van der Waals surface area contributed by atoms with Crippen LogP contribution in [0, 0.1) is 3.57 Å². The number of benzene rings is 2. The molecular weight excluding hydrogens is 389 g/mol. The molecule has 20 heavy (non-hydrogen) atoms. The van der Waals surface area contributed by atoms with Crippen molar-refractivity contribution < 1.29 is 9.90 Å². The molecule has 2 N–H and O–H groups in total. The zero-order chi connectivity index (χ0) is 14.7. The monoisotopic (exact) mass is 401 g/mol. The summed E-state index contributed by atoms with van der Waals surface area (Å²) in [6, 6.07) is 12.0. The van der Waals surface area contributed by atoms with Gasteiger partial charge in [0.05, 0.1) is 9.61 Å². The summed E-state index contributed by atoms with van der Waals surface area (Å²) < 4.78 is 0.713. The third-order valence-corrected chi connectivity index (χ3v) is 4.09. The van der Waals surface area contributed by atoms with Crippen molar-refractivity contribution in [3.8, 4) is 5.75 Å². The van der Waals surface area contributed by atoms with E-state index in [0.29, 0.717) is 14.2 Å². The van der Waals surface area contributed by atoms with Gasteiger partial charge in [0.15, 0.2) is 0 Å². The van der Waals surface area contributed by atoms with E-state index in [-0.39, 0.29) is 17.7 Å². The largest absolute Gasteiger partial charge is 0.507 e. The van der Waals surface area contributed by atoms with Crippen LogP contribution in [0.2, 0.25) is 5.02 Å². The average molecular weight is 402 g/mol. The predicted octanol–water partition coefficient (Wildman–Crippen LogP) is 4.14. The molecule has 2 aromatic carbocycles. The summed E-state index contributed by atoms with van der Waals surface area (Å²) in [5, 5.41) is 13.2. The molecule has 0 aliphatic heterocycles. The van der Waals surface area contributed by atoms with Gasteiger partial charge >= 0.3 is 0 Å². The van der Waals surface area contributed by atoms with Crippen LogP contribution in [0.4, 0.5) is 0 Å². The lowest BCUT2D eigenvalue weighted by atomic mass is 10.1. The highest BCUT2D eigenvalue weighted by Gasteiger charge is 2.12. The fourth-order valence-corrected chi connectivity index (χ4v) is 2.23. The normalized spacial score (nSPS) is 11.9. The van der Waals surface area contributed by atoms with E-state index in [9.17, 15) is 9.90 Å². The fraction of sp³-hybridized carbons (Fsp3) is 0.133. The standard InChI is InChI=1S/C15H13ClINO2/c1-9(10-2-5-12(16)6-3-10)18-15(20)11-4-7-13(17)14(19)8-11/h2-9,19H,1H3,(H,18,20). The number of nitrogens with one attached hydrogen (secondary N) is 1. The summed E-state index contributed by atoms with van der Waals surface area (Å²) in [4.78, 5) is 12.1. The number of carbonyl (C=O) groups is 1. The number of hydrogen-bond donors (Lipinski definition) is 2. The Morgan fingerprint density at radius 2 is 1.90 bits per heavy atom. The van der Waals surface area contributed by atoms with E-state index in [1.54, 1.807) is 24.3 Å². The number of amides is 1. The molecule has 0 aliphatic carbocycles. The molecule has 1 amide bonds. The molecular formula is C15H13ClINO2. The van der Waals surface area contributed by atoms with Crippen LogP contribution in [-0.2, 0) is 0 Å². The Hall–Kier alpha value is -1.27. The minimum atomic E-state index is -0.223. The van der Waals surface area contributed by atoms with Crippen LogP contribution in [0.1, 0.15) is 28.9 Å². The van der Waals surface area contributed by atoms with Crippen LogP contribution >= 0.6 is 34.2 Å². The molecule has 2 aromatic rings. The first-order valence-corrected chi connectivity index (χ1v) is 7.48. The molecule has 3 nitrogen and oxygen atoms in total. The molecule has 0 aromatic heterocycles. The molecule has 1 unspecified atom stereocenters. The van der Waals surface area contributed by atoms with E-state index in [2.05, 4.69) is 5.32 Å². The number of phenolic OH excluding ortho intramolecular Hbond substituents is 1. The van der Waals surface area contributed by atoms with Gasteiger partial charge in [0.1, 0.15) is 5.75 Å². The van der Waals surface area contributed by atoms with Crippen LogP contribution in [-0.4, -0.2) is 11.0 Å². The van der Waals surface area contributed by atoms with Gasteiger partial charge in [-0.25, -0.2) is 0 Å². The quantitative estimate of drug-likeness (QED) is 0.760. The lowest BCUT2D eigenvalue weighted by Crippen LogP contribution is -2.26. The number of phenols is 1. The Morgan fingerprint density at radius 1 is 1.25 bits per heavy atom. The van der Waals surface area contributed by atoms with Gasteiger partial charge in [-0.05, 0) is 65.4 Å². The van der Waals surface area contributed by atoms with Crippen LogP contribution in [0.15, 0.2) is 42.5 Å². The number of halogens is 2. The topological polar surface area (TPSA) is 49.3 Å². The first-order chi connectivity index (χ1) is 9.47. The maximum Gasteiger partial charge on any atom is 0.251 e. The second-order valence-corrected chi connectivity index (χ2v) is 6.01. The number of aromatic hydroxyl groups is 1. The predicted molar refractivity (Wildman–Crippen MR) is 88.2 cm³/mol. The summed E-state index contributed by atoms with van der Waals surface area (Å²) in [5.74, 6) is -0.114. The van der Waals surface area contributed by atoms with Gasteiger partial charge in [-0.2, -0.15) is 0 Å². The second kappa shape index (κ2) is 6.45. The third-order valence-electron chi connectivity index (χ3n) is 2.93. The van der Waals surface area contributed by atoms with Crippen LogP contribution in [0.25, 0.3) is 0 Å². The van der Waals surface area contributed by atoms with E-state index in [4.69, 9.17) is 11.6 Å². The molecule has 2 rings (SSSR count). The van der Waals surface area contributed by atoms with Crippen molar-refractivity contribution >= 4 is 40.1 Å². The number of hydrogen-bond acceptors (Lipinski definition) is 2. The summed E-state index contributed by atoms with van der Waals surface area (Å²) in [6.45, 7) is 1.90. The summed E-state index contributed by atoms with van der Waals surface area (Å²) in [5.41, 5.74) is 1.40. The maximum absolute atomic E-state index is 12.1. The van der Waals surface area contributed by atoms with Gasteiger partial charge < -0.3 is 10.4 Å². The smallest absolute Gasteiger partial charge is 0.251 e. The first kappa shape index (κ1) is 15.1. The van der Waals surface area contributed by atoms with Crippen LogP contribution in [0.5, 0.6) is 5.75 Å². The molecule has 0 spiro atoms. The summed E-state index contributed by atoms with van der Waals surface area (Å²) in [7, 11) is 0. The molecule has 0 fully saturated rings. The van der Waals surface area contributed by atoms with Gasteiger partial charge in [-0.3, -0.25) is 4.79 Å². The van der Waals surface area contributed by atoms with Crippen molar-refractivity contribution in [2.24, 2.45) is 0 Å². The lowest BCUT2D eigenvalue weighted by molar-refractivity contribution is 0.0939. The molecule has 0 saturated carbocycles. The summed E-state index contributed by atoms with van der Waals surface area (Å²) >= 11 is 7.84. The molecule has 0 radical (unpaired) electrons. The molecule has 0 bridgehead atoms. The Balaban J connectivity index is 2.10. The zero-order valence-corrected chi connectivity index (χ0v) is 13.6.